The van der Waals surface area contributed by atoms with Crippen molar-refractivity contribution in [3.05, 3.63) is 12.7 Å². The van der Waals surface area contributed by atoms with Crippen LogP contribution in [0, 0.1) is 11.8 Å². The van der Waals surface area contributed by atoms with E-state index in [2.05, 4.69) is 16.6 Å². The molecule has 0 aliphatic carbocycles. The second-order valence-electron chi connectivity index (χ2n) is 6.17. The molecule has 0 radical (unpaired) electrons. The van der Waals surface area contributed by atoms with E-state index in [1.165, 1.54) is 13.2 Å². The number of methoxy groups -OCH3 is 2. The number of rotatable bonds is 8. The molecule has 2 unspecified atom stereocenters. The molecule has 0 spiro atoms. The van der Waals surface area contributed by atoms with E-state index in [9.17, 15) is 19.5 Å². The Bertz CT molecular complexity index is 456. The van der Waals surface area contributed by atoms with Crippen molar-refractivity contribution in [2.45, 2.75) is 38.8 Å². The highest BCUT2D eigenvalue weighted by Gasteiger charge is 2.34. The maximum Gasteiger partial charge on any atom is 0.408 e. The number of alkyl carbamates (subject to hydrolysis) is 1. The van der Waals surface area contributed by atoms with E-state index in [1.54, 1.807) is 20.8 Å². The van der Waals surface area contributed by atoms with E-state index in [-0.39, 0.29) is 13.0 Å². The number of aliphatic hydroxyl groups excluding tert-OH is 1. The lowest BCUT2D eigenvalue weighted by atomic mass is 9.87. The second-order valence-corrected chi connectivity index (χ2v) is 6.17. The number of hydrogen-bond donors (Lipinski definition) is 2. The van der Waals surface area contributed by atoms with Crippen LogP contribution in [0.3, 0.4) is 0 Å². The van der Waals surface area contributed by atoms with E-state index in [1.807, 2.05) is 0 Å². The van der Waals surface area contributed by atoms with Crippen LogP contribution in [0.2, 0.25) is 0 Å². The van der Waals surface area contributed by atoms with Crippen LogP contribution >= 0.6 is 0 Å². The van der Waals surface area contributed by atoms with Crippen LogP contribution in [0.1, 0.15) is 27.2 Å². The fourth-order valence-electron chi connectivity index (χ4n) is 2.02. The third-order valence-corrected chi connectivity index (χ3v) is 3.20. The van der Waals surface area contributed by atoms with Gasteiger partial charge in [0.1, 0.15) is 11.6 Å². The molecule has 0 aromatic heterocycles. The SMILES string of the molecule is C=CC(CO)C(C[C@H](NC(=O)OC(C)(C)C)C(=O)OC)C(=O)OC. The summed E-state index contributed by atoms with van der Waals surface area (Å²) in [5.74, 6) is -2.88. The summed E-state index contributed by atoms with van der Waals surface area (Å²) in [5, 5.41) is 11.8. The smallest absolute Gasteiger partial charge is 0.408 e. The van der Waals surface area contributed by atoms with Gasteiger partial charge in [0, 0.05) is 5.92 Å². The molecule has 0 bridgehead atoms. The third-order valence-electron chi connectivity index (χ3n) is 3.20. The summed E-state index contributed by atoms with van der Waals surface area (Å²) in [4.78, 5) is 35.8. The molecule has 8 heteroatoms. The van der Waals surface area contributed by atoms with Crippen molar-refractivity contribution in [2.24, 2.45) is 11.8 Å². The standard InChI is InChI=1S/C16H27NO7/c1-7-10(9-18)11(13(19)22-5)8-12(14(20)23-6)17-15(21)24-16(2,3)4/h7,10-12,18H,1,8-9H2,2-6H3,(H,17,21)/t10?,11?,12-/m0/s1. The van der Waals surface area contributed by atoms with Gasteiger partial charge in [-0.25, -0.2) is 9.59 Å². The summed E-state index contributed by atoms with van der Waals surface area (Å²) >= 11 is 0. The van der Waals surface area contributed by atoms with Gasteiger partial charge in [0.25, 0.3) is 0 Å². The predicted molar refractivity (Wildman–Crippen MR) is 86.1 cm³/mol. The molecule has 2 N–H and O–H groups in total. The van der Waals surface area contributed by atoms with Gasteiger partial charge in [0.15, 0.2) is 0 Å². The van der Waals surface area contributed by atoms with Crippen molar-refractivity contribution < 1.29 is 33.7 Å². The van der Waals surface area contributed by atoms with Crippen molar-refractivity contribution in [2.75, 3.05) is 20.8 Å². The first-order valence-electron chi connectivity index (χ1n) is 7.48. The van der Waals surface area contributed by atoms with Crippen LogP contribution in [0.25, 0.3) is 0 Å². The van der Waals surface area contributed by atoms with Gasteiger partial charge in [0.2, 0.25) is 0 Å². The molecule has 8 nitrogen and oxygen atoms in total. The summed E-state index contributed by atoms with van der Waals surface area (Å²) in [5.41, 5.74) is -0.749. The Morgan fingerprint density at radius 2 is 1.71 bits per heavy atom. The molecule has 138 valence electrons. The Hall–Kier alpha value is -2.09. The largest absolute Gasteiger partial charge is 0.469 e. The number of esters is 2. The summed E-state index contributed by atoms with van der Waals surface area (Å²) in [7, 11) is 2.36. The van der Waals surface area contributed by atoms with Crippen molar-refractivity contribution in [1.29, 1.82) is 0 Å². The number of nitrogens with one attached hydrogen (secondary N) is 1. The van der Waals surface area contributed by atoms with Crippen molar-refractivity contribution in [3.8, 4) is 0 Å². The van der Waals surface area contributed by atoms with Crippen LogP contribution in [0.5, 0.6) is 0 Å². The molecule has 0 saturated carbocycles. The van der Waals surface area contributed by atoms with Crippen molar-refractivity contribution in [1.82, 2.24) is 5.32 Å². The van der Waals surface area contributed by atoms with Crippen LogP contribution in [-0.2, 0) is 23.8 Å². The Kier molecular flexibility index (Phi) is 9.05. The highest BCUT2D eigenvalue weighted by atomic mass is 16.6. The molecule has 1 amide bonds. The van der Waals surface area contributed by atoms with Crippen LogP contribution < -0.4 is 5.32 Å². The lowest BCUT2D eigenvalue weighted by molar-refractivity contribution is -0.149. The Morgan fingerprint density at radius 1 is 1.17 bits per heavy atom. The van der Waals surface area contributed by atoms with E-state index < -0.39 is 41.5 Å². The molecule has 0 rings (SSSR count). The fraction of sp³-hybridized carbons (Fsp3) is 0.688. The Labute approximate surface area is 142 Å². The maximum absolute atomic E-state index is 12.0. The van der Waals surface area contributed by atoms with E-state index >= 15 is 0 Å². The van der Waals surface area contributed by atoms with Gasteiger partial charge in [-0.2, -0.15) is 0 Å². The average molecular weight is 345 g/mol. The normalized spacial score (nSPS) is 14.8. The summed E-state index contributed by atoms with van der Waals surface area (Å²) < 4.78 is 14.5. The predicted octanol–water partition coefficient (Wildman–Crippen LogP) is 1.03. The number of amides is 1. The zero-order valence-electron chi connectivity index (χ0n) is 14.8. The van der Waals surface area contributed by atoms with Crippen LogP contribution in [0.15, 0.2) is 12.7 Å². The number of hydrogen-bond acceptors (Lipinski definition) is 7. The molecule has 0 aliphatic heterocycles. The summed E-state index contributed by atoms with van der Waals surface area (Å²) in [6, 6.07) is -1.14. The minimum absolute atomic E-state index is 0.129. The molecule has 24 heavy (non-hydrogen) atoms. The highest BCUT2D eigenvalue weighted by molar-refractivity contribution is 5.82. The first-order chi connectivity index (χ1) is 11.1. The van der Waals surface area contributed by atoms with Gasteiger partial charge in [-0.3, -0.25) is 4.79 Å². The maximum atomic E-state index is 12.0. The van der Waals surface area contributed by atoms with E-state index in [0.29, 0.717) is 0 Å². The number of aliphatic hydroxyl groups is 1. The molecular weight excluding hydrogens is 318 g/mol. The molecular formula is C16H27NO7. The topological polar surface area (TPSA) is 111 Å². The minimum atomic E-state index is -1.14. The molecule has 0 aromatic carbocycles. The molecule has 3 atom stereocenters. The number of carbonyl (C=O) groups excluding carboxylic acids is 3. The second kappa shape index (κ2) is 9.92. The van der Waals surface area contributed by atoms with Gasteiger partial charge in [0.05, 0.1) is 26.7 Å². The van der Waals surface area contributed by atoms with Crippen molar-refractivity contribution >= 4 is 18.0 Å². The monoisotopic (exact) mass is 345 g/mol. The molecule has 0 aromatic rings. The Balaban J connectivity index is 5.27. The van der Waals surface area contributed by atoms with Gasteiger partial charge >= 0.3 is 18.0 Å². The summed E-state index contributed by atoms with van der Waals surface area (Å²) in [6.07, 6.45) is 0.444. The third kappa shape index (κ3) is 7.45. The lowest BCUT2D eigenvalue weighted by Gasteiger charge is -2.26. The van der Waals surface area contributed by atoms with Gasteiger partial charge < -0.3 is 24.6 Å². The van der Waals surface area contributed by atoms with Gasteiger partial charge in [-0.05, 0) is 27.2 Å². The highest BCUT2D eigenvalue weighted by Crippen LogP contribution is 2.21. The van der Waals surface area contributed by atoms with Crippen molar-refractivity contribution in [3.63, 3.8) is 0 Å². The molecule has 0 aliphatic rings. The zero-order chi connectivity index (χ0) is 18.9. The van der Waals surface area contributed by atoms with Crippen LogP contribution in [-0.4, -0.2) is 55.6 Å². The summed E-state index contributed by atoms with van der Waals surface area (Å²) in [6.45, 7) is 8.23. The Morgan fingerprint density at radius 3 is 2.08 bits per heavy atom. The van der Waals surface area contributed by atoms with E-state index in [0.717, 1.165) is 7.11 Å². The molecule has 0 fully saturated rings. The van der Waals surface area contributed by atoms with Gasteiger partial charge in [-0.1, -0.05) is 6.08 Å². The van der Waals surface area contributed by atoms with Gasteiger partial charge in [-0.15, -0.1) is 6.58 Å². The first kappa shape index (κ1) is 21.9. The minimum Gasteiger partial charge on any atom is -0.469 e. The zero-order valence-corrected chi connectivity index (χ0v) is 14.8. The quantitative estimate of drug-likeness (QED) is 0.384. The molecule has 0 saturated heterocycles. The number of carbonyl (C=O) groups is 3. The lowest BCUT2D eigenvalue weighted by Crippen LogP contribution is -2.46. The first-order valence-corrected chi connectivity index (χ1v) is 7.48. The number of ether oxygens (including phenoxy) is 3. The average Bonchev–Trinajstić information content (AvgIpc) is 2.50. The molecule has 0 heterocycles. The van der Waals surface area contributed by atoms with E-state index in [4.69, 9.17) is 9.47 Å². The fourth-order valence-corrected chi connectivity index (χ4v) is 2.02. The van der Waals surface area contributed by atoms with Crippen LogP contribution in [0.4, 0.5) is 4.79 Å².